The van der Waals surface area contributed by atoms with E-state index in [1.165, 1.54) is 7.11 Å². The summed E-state index contributed by atoms with van der Waals surface area (Å²) >= 11 is 0. The second kappa shape index (κ2) is 6.22. The van der Waals surface area contributed by atoms with E-state index in [1.54, 1.807) is 7.11 Å². The molecule has 0 amide bonds. The van der Waals surface area contributed by atoms with Gasteiger partial charge in [-0.2, -0.15) is 0 Å². The van der Waals surface area contributed by atoms with Crippen LogP contribution < -0.4 is 10.1 Å². The van der Waals surface area contributed by atoms with E-state index >= 15 is 0 Å². The third-order valence-electron chi connectivity index (χ3n) is 4.67. The summed E-state index contributed by atoms with van der Waals surface area (Å²) in [6, 6.07) is 15.1. The fraction of sp³-hybridized carbons (Fsp3) is 0.200. The van der Waals surface area contributed by atoms with Crippen LogP contribution in [0.2, 0.25) is 0 Å². The third kappa shape index (κ3) is 2.34. The summed E-state index contributed by atoms with van der Waals surface area (Å²) in [4.78, 5) is 17.3. The highest BCUT2D eigenvalue weighted by Crippen LogP contribution is 2.42. The van der Waals surface area contributed by atoms with Gasteiger partial charge in [0.2, 0.25) is 5.95 Å². The Hall–Kier alpha value is -3.28. The number of methoxy groups -OCH3 is 2. The number of imidazole rings is 1. The molecule has 0 fully saturated rings. The lowest BCUT2D eigenvalue weighted by molar-refractivity contribution is -0.136. The first-order valence-corrected chi connectivity index (χ1v) is 8.31. The van der Waals surface area contributed by atoms with Gasteiger partial charge in [-0.3, -0.25) is 4.57 Å². The van der Waals surface area contributed by atoms with Crippen molar-refractivity contribution in [1.29, 1.82) is 0 Å². The Morgan fingerprint density at radius 3 is 2.62 bits per heavy atom. The van der Waals surface area contributed by atoms with Crippen molar-refractivity contribution in [3.63, 3.8) is 0 Å². The highest BCUT2D eigenvalue weighted by Gasteiger charge is 2.36. The van der Waals surface area contributed by atoms with Crippen LogP contribution in [-0.2, 0) is 9.53 Å². The van der Waals surface area contributed by atoms with Crippen LogP contribution in [0.25, 0.3) is 11.0 Å². The van der Waals surface area contributed by atoms with E-state index < -0.39 is 6.04 Å². The van der Waals surface area contributed by atoms with E-state index in [2.05, 4.69) is 10.3 Å². The molecule has 0 spiro atoms. The molecule has 1 aliphatic heterocycles. The lowest BCUT2D eigenvalue weighted by atomic mass is 9.94. The van der Waals surface area contributed by atoms with Crippen molar-refractivity contribution >= 4 is 23.0 Å². The quantitative estimate of drug-likeness (QED) is 0.733. The molecule has 0 unspecified atom stereocenters. The van der Waals surface area contributed by atoms with Gasteiger partial charge in [-0.1, -0.05) is 30.3 Å². The molecule has 6 nitrogen and oxygen atoms in total. The van der Waals surface area contributed by atoms with E-state index in [9.17, 15) is 4.79 Å². The van der Waals surface area contributed by atoms with Gasteiger partial charge in [0.1, 0.15) is 5.75 Å². The van der Waals surface area contributed by atoms with E-state index in [-0.39, 0.29) is 5.97 Å². The standard InChI is InChI=1S/C20H19N3O3/c1-12-17(19(24)26-3)18(13-8-4-7-11-16(13)25-2)23-15-10-6-5-9-14(15)22-20(23)21-12/h4-11,18H,1-3H3,(H,21,22)/t18-/m0/s1. The van der Waals surface area contributed by atoms with Gasteiger partial charge in [0.05, 0.1) is 36.9 Å². The molecule has 0 saturated carbocycles. The van der Waals surface area contributed by atoms with Crippen molar-refractivity contribution < 1.29 is 14.3 Å². The number of para-hydroxylation sites is 3. The zero-order valence-electron chi connectivity index (χ0n) is 14.8. The SMILES string of the molecule is COC(=O)C1=C(C)Nc2nc3ccccc3n2[C@H]1c1ccccc1OC. The average Bonchev–Trinajstić information content (AvgIpc) is 3.04. The molecule has 3 aromatic rings. The van der Waals surface area contributed by atoms with Crippen LogP contribution in [0.3, 0.4) is 0 Å². The largest absolute Gasteiger partial charge is 0.496 e. The molecule has 1 aromatic heterocycles. The van der Waals surface area contributed by atoms with Gasteiger partial charge in [-0.25, -0.2) is 9.78 Å². The van der Waals surface area contributed by atoms with Gasteiger partial charge in [0, 0.05) is 11.3 Å². The Kier molecular flexibility index (Phi) is 3.88. The van der Waals surface area contributed by atoms with Crippen LogP contribution in [0.15, 0.2) is 59.8 Å². The second-order valence-corrected chi connectivity index (χ2v) is 6.09. The van der Waals surface area contributed by atoms with Crippen molar-refractivity contribution in [3.8, 4) is 5.75 Å². The summed E-state index contributed by atoms with van der Waals surface area (Å²) in [7, 11) is 3.02. The molecule has 4 rings (SSSR count). The normalized spacial score (nSPS) is 16.2. The number of carbonyl (C=O) groups excluding carboxylic acids is 1. The summed E-state index contributed by atoms with van der Waals surface area (Å²) in [5.41, 5.74) is 3.91. The molecular weight excluding hydrogens is 330 g/mol. The monoisotopic (exact) mass is 349 g/mol. The second-order valence-electron chi connectivity index (χ2n) is 6.09. The van der Waals surface area contributed by atoms with Crippen LogP contribution in [0.1, 0.15) is 18.5 Å². The van der Waals surface area contributed by atoms with E-state index in [4.69, 9.17) is 9.47 Å². The maximum absolute atomic E-state index is 12.6. The first-order valence-electron chi connectivity index (χ1n) is 8.31. The zero-order chi connectivity index (χ0) is 18.3. The van der Waals surface area contributed by atoms with Crippen LogP contribution in [0, 0.1) is 0 Å². The predicted molar refractivity (Wildman–Crippen MR) is 99.2 cm³/mol. The number of rotatable bonds is 3. The number of fused-ring (bicyclic) bond motifs is 3. The molecule has 132 valence electrons. The molecule has 26 heavy (non-hydrogen) atoms. The minimum atomic E-state index is -0.401. The molecule has 2 aromatic carbocycles. The minimum absolute atomic E-state index is 0.380. The van der Waals surface area contributed by atoms with E-state index in [0.717, 1.165) is 22.3 Å². The molecule has 2 heterocycles. The summed E-state index contributed by atoms with van der Waals surface area (Å²) in [5, 5.41) is 3.24. The van der Waals surface area contributed by atoms with Gasteiger partial charge in [0.15, 0.2) is 0 Å². The van der Waals surface area contributed by atoms with Crippen molar-refractivity contribution in [2.45, 2.75) is 13.0 Å². The molecule has 0 saturated heterocycles. The number of ether oxygens (including phenoxy) is 2. The maximum Gasteiger partial charge on any atom is 0.337 e. The molecule has 1 aliphatic rings. The molecule has 1 N–H and O–H groups in total. The van der Waals surface area contributed by atoms with Gasteiger partial charge in [-0.05, 0) is 25.1 Å². The van der Waals surface area contributed by atoms with Crippen molar-refractivity contribution in [3.05, 3.63) is 65.4 Å². The molecule has 0 radical (unpaired) electrons. The smallest absolute Gasteiger partial charge is 0.337 e. The van der Waals surface area contributed by atoms with E-state index in [0.29, 0.717) is 17.3 Å². The number of hydrogen-bond donors (Lipinski definition) is 1. The molecule has 1 atom stereocenters. The van der Waals surface area contributed by atoms with Gasteiger partial charge < -0.3 is 14.8 Å². The van der Waals surface area contributed by atoms with Gasteiger partial charge in [-0.15, -0.1) is 0 Å². The Bertz CT molecular complexity index is 1040. The van der Waals surface area contributed by atoms with Crippen LogP contribution in [0.4, 0.5) is 5.95 Å². The number of esters is 1. The van der Waals surface area contributed by atoms with Crippen molar-refractivity contribution in [2.75, 3.05) is 19.5 Å². The lowest BCUT2D eigenvalue weighted by Gasteiger charge is -2.30. The van der Waals surface area contributed by atoms with Crippen molar-refractivity contribution in [2.24, 2.45) is 0 Å². The van der Waals surface area contributed by atoms with Crippen molar-refractivity contribution in [1.82, 2.24) is 9.55 Å². The average molecular weight is 349 g/mol. The maximum atomic E-state index is 12.6. The highest BCUT2D eigenvalue weighted by molar-refractivity contribution is 5.94. The van der Waals surface area contributed by atoms with Crippen LogP contribution in [0.5, 0.6) is 5.75 Å². The topological polar surface area (TPSA) is 65.4 Å². The third-order valence-corrected chi connectivity index (χ3v) is 4.67. The number of anilines is 1. The van der Waals surface area contributed by atoms with Gasteiger partial charge >= 0.3 is 5.97 Å². The number of aromatic nitrogens is 2. The molecule has 0 bridgehead atoms. The number of nitrogens with one attached hydrogen (secondary N) is 1. The zero-order valence-corrected chi connectivity index (χ0v) is 14.8. The Morgan fingerprint density at radius 1 is 1.12 bits per heavy atom. The number of hydrogen-bond acceptors (Lipinski definition) is 5. The fourth-order valence-corrected chi connectivity index (χ4v) is 3.52. The summed E-state index contributed by atoms with van der Waals surface area (Å²) in [5.74, 6) is 1.01. The van der Waals surface area contributed by atoms with Crippen LogP contribution >= 0.6 is 0 Å². The number of nitrogens with zero attached hydrogens (tertiary/aromatic N) is 2. The minimum Gasteiger partial charge on any atom is -0.496 e. The Labute approximate surface area is 151 Å². The predicted octanol–water partition coefficient (Wildman–Crippen LogP) is 3.51. The number of allylic oxidation sites excluding steroid dienone is 1. The summed E-state index contributed by atoms with van der Waals surface area (Å²) in [6.07, 6.45) is 0. The van der Waals surface area contributed by atoms with Gasteiger partial charge in [0.25, 0.3) is 0 Å². The molecule has 0 aliphatic carbocycles. The first kappa shape index (κ1) is 16.2. The number of benzene rings is 2. The lowest BCUT2D eigenvalue weighted by Crippen LogP contribution is -2.28. The highest BCUT2D eigenvalue weighted by atomic mass is 16.5. The van der Waals surface area contributed by atoms with E-state index in [1.807, 2.05) is 60.0 Å². The fourth-order valence-electron chi connectivity index (χ4n) is 3.52. The number of carbonyl (C=O) groups is 1. The Balaban J connectivity index is 2.05. The Morgan fingerprint density at radius 2 is 1.85 bits per heavy atom. The molecular formula is C20H19N3O3. The van der Waals surface area contributed by atoms with Crippen LogP contribution in [-0.4, -0.2) is 29.7 Å². The molecule has 6 heteroatoms. The summed E-state index contributed by atoms with van der Waals surface area (Å²) in [6.45, 7) is 1.86. The first-order chi connectivity index (χ1) is 12.7. The summed E-state index contributed by atoms with van der Waals surface area (Å²) < 4.78 is 12.7.